The molecule has 1 aromatic heterocycles. The van der Waals surface area contributed by atoms with Gasteiger partial charge in [-0.15, -0.1) is 24.5 Å². The number of thiazole rings is 1. The summed E-state index contributed by atoms with van der Waals surface area (Å²) < 4.78 is 69.1. The number of carbonyl (C=O) groups excluding carboxylic acids is 1. The smallest absolute Gasteiger partial charge is 0.405 e. The van der Waals surface area contributed by atoms with Crippen molar-refractivity contribution >= 4 is 22.9 Å². The molecule has 0 spiro atoms. The standard InChI is InChI=1S/C19H19F5N2O2S/c1-8-7-18(3,4)13-11(28-19(22,23)24)6-5-10(12(8)13)26-17(27)15-14(16(20)21)25-9(2)29-15/h5-6,8,16H,7H2,1-4H3,(H,26,27). The summed E-state index contributed by atoms with van der Waals surface area (Å²) in [5.41, 5.74) is -0.0683. The molecule has 29 heavy (non-hydrogen) atoms. The summed E-state index contributed by atoms with van der Waals surface area (Å²) in [4.78, 5) is 16.1. The average molecular weight is 434 g/mol. The molecule has 158 valence electrons. The Labute approximate surface area is 168 Å². The van der Waals surface area contributed by atoms with E-state index in [1.165, 1.54) is 13.0 Å². The van der Waals surface area contributed by atoms with Crippen LogP contribution in [0.15, 0.2) is 12.1 Å². The Morgan fingerprint density at radius 1 is 1.34 bits per heavy atom. The second kappa shape index (κ2) is 7.23. The minimum Gasteiger partial charge on any atom is -0.405 e. The van der Waals surface area contributed by atoms with E-state index in [0.717, 1.165) is 17.4 Å². The summed E-state index contributed by atoms with van der Waals surface area (Å²) in [6, 6.07) is 2.46. The fourth-order valence-corrected chi connectivity index (χ4v) is 4.85. The molecule has 1 aliphatic rings. The molecule has 0 fully saturated rings. The molecule has 0 saturated heterocycles. The van der Waals surface area contributed by atoms with Crippen molar-refractivity contribution in [2.45, 2.75) is 58.2 Å². The van der Waals surface area contributed by atoms with Crippen LogP contribution >= 0.6 is 11.3 Å². The van der Waals surface area contributed by atoms with Crippen molar-refractivity contribution in [3.05, 3.63) is 38.8 Å². The first-order chi connectivity index (χ1) is 13.3. The van der Waals surface area contributed by atoms with E-state index >= 15 is 0 Å². The lowest BCUT2D eigenvalue weighted by Crippen LogP contribution is -2.22. The van der Waals surface area contributed by atoms with Crippen LogP contribution in [0.4, 0.5) is 27.6 Å². The van der Waals surface area contributed by atoms with Crippen molar-refractivity contribution in [3.8, 4) is 5.75 Å². The number of anilines is 1. The van der Waals surface area contributed by atoms with Gasteiger partial charge < -0.3 is 10.1 Å². The van der Waals surface area contributed by atoms with E-state index in [0.29, 0.717) is 22.6 Å². The van der Waals surface area contributed by atoms with Crippen LogP contribution in [0.25, 0.3) is 0 Å². The molecule has 0 bridgehead atoms. The monoisotopic (exact) mass is 434 g/mol. The molecule has 0 radical (unpaired) electrons. The van der Waals surface area contributed by atoms with Crippen LogP contribution < -0.4 is 10.1 Å². The van der Waals surface area contributed by atoms with Gasteiger partial charge in [0.2, 0.25) is 0 Å². The quantitative estimate of drug-likeness (QED) is 0.573. The lowest BCUT2D eigenvalue weighted by atomic mass is 9.85. The third kappa shape index (κ3) is 4.22. The van der Waals surface area contributed by atoms with Crippen LogP contribution in [0.5, 0.6) is 5.75 Å². The van der Waals surface area contributed by atoms with Gasteiger partial charge in [-0.2, -0.15) is 0 Å². The van der Waals surface area contributed by atoms with Gasteiger partial charge in [-0.1, -0.05) is 20.8 Å². The molecular formula is C19H19F5N2O2S. The van der Waals surface area contributed by atoms with E-state index in [9.17, 15) is 26.7 Å². The van der Waals surface area contributed by atoms with Gasteiger partial charge in [0.25, 0.3) is 12.3 Å². The van der Waals surface area contributed by atoms with Crippen molar-refractivity contribution < 1.29 is 31.5 Å². The Bertz CT molecular complexity index is 953. The normalized spacial score (nSPS) is 18.1. The second-order valence-electron chi connectivity index (χ2n) is 7.64. The number of aryl methyl sites for hydroxylation is 1. The number of hydrogen-bond acceptors (Lipinski definition) is 4. The first kappa shape index (κ1) is 21.5. The number of halogens is 5. The van der Waals surface area contributed by atoms with Crippen molar-refractivity contribution in [2.75, 3.05) is 5.32 Å². The Morgan fingerprint density at radius 2 is 2.00 bits per heavy atom. The number of fused-ring (bicyclic) bond motifs is 1. The predicted molar refractivity (Wildman–Crippen MR) is 98.9 cm³/mol. The minimum atomic E-state index is -4.85. The largest absolute Gasteiger partial charge is 0.573 e. The van der Waals surface area contributed by atoms with Crippen molar-refractivity contribution in [1.82, 2.24) is 4.98 Å². The molecule has 1 N–H and O–H groups in total. The van der Waals surface area contributed by atoms with E-state index < -0.39 is 29.8 Å². The van der Waals surface area contributed by atoms with Gasteiger partial charge in [0.05, 0.1) is 5.01 Å². The average Bonchev–Trinajstić information content (AvgIpc) is 3.06. The number of nitrogens with zero attached hydrogens (tertiary/aromatic N) is 1. The summed E-state index contributed by atoms with van der Waals surface area (Å²) in [5, 5.41) is 2.91. The summed E-state index contributed by atoms with van der Waals surface area (Å²) in [5.74, 6) is -1.25. The molecule has 3 rings (SSSR count). The molecule has 1 atom stereocenters. The molecule has 1 aromatic carbocycles. The SMILES string of the molecule is Cc1nc(C(F)F)c(C(=O)Nc2ccc(OC(F)(F)F)c3c2C(C)CC3(C)C)s1. The number of rotatable bonds is 4. The lowest BCUT2D eigenvalue weighted by molar-refractivity contribution is -0.275. The summed E-state index contributed by atoms with van der Waals surface area (Å²) in [7, 11) is 0. The maximum absolute atomic E-state index is 13.2. The number of aromatic nitrogens is 1. The van der Waals surface area contributed by atoms with Crippen LogP contribution in [-0.2, 0) is 5.41 Å². The minimum absolute atomic E-state index is 0.162. The third-order valence-electron chi connectivity index (χ3n) is 4.84. The highest BCUT2D eigenvalue weighted by Crippen LogP contribution is 2.53. The van der Waals surface area contributed by atoms with Crippen LogP contribution in [-0.4, -0.2) is 17.3 Å². The lowest BCUT2D eigenvalue weighted by Gasteiger charge is -2.24. The Balaban J connectivity index is 2.04. The van der Waals surface area contributed by atoms with E-state index in [4.69, 9.17) is 0 Å². The molecule has 1 unspecified atom stereocenters. The summed E-state index contributed by atoms with van der Waals surface area (Å²) in [6.07, 6.45) is -7.22. The van der Waals surface area contributed by atoms with Gasteiger partial charge in [-0.3, -0.25) is 4.79 Å². The first-order valence-electron chi connectivity index (χ1n) is 8.80. The molecule has 0 saturated carbocycles. The maximum Gasteiger partial charge on any atom is 0.573 e. The Kier molecular flexibility index (Phi) is 5.35. The highest BCUT2D eigenvalue weighted by Gasteiger charge is 2.42. The molecule has 1 amide bonds. The zero-order valence-corrected chi connectivity index (χ0v) is 16.9. The number of amides is 1. The van der Waals surface area contributed by atoms with Crippen LogP contribution in [0.3, 0.4) is 0 Å². The highest BCUT2D eigenvalue weighted by atomic mass is 32.1. The molecule has 2 aromatic rings. The fourth-order valence-electron chi connectivity index (χ4n) is 4.03. The highest BCUT2D eigenvalue weighted by molar-refractivity contribution is 7.13. The zero-order valence-electron chi connectivity index (χ0n) is 16.1. The number of ether oxygens (including phenoxy) is 1. The molecule has 4 nitrogen and oxygen atoms in total. The third-order valence-corrected chi connectivity index (χ3v) is 5.83. The number of carbonyl (C=O) groups is 1. The van der Waals surface area contributed by atoms with E-state index in [1.807, 2.05) is 6.92 Å². The number of hydrogen-bond donors (Lipinski definition) is 1. The number of nitrogens with one attached hydrogen (secondary N) is 1. The van der Waals surface area contributed by atoms with Gasteiger partial charge in [-0.05, 0) is 42.4 Å². The number of benzene rings is 1. The molecule has 1 aliphatic carbocycles. The van der Waals surface area contributed by atoms with Gasteiger partial charge in [0.1, 0.15) is 16.3 Å². The zero-order chi connectivity index (χ0) is 21.7. The number of alkyl halides is 5. The van der Waals surface area contributed by atoms with Crippen molar-refractivity contribution in [2.24, 2.45) is 0 Å². The van der Waals surface area contributed by atoms with Crippen molar-refractivity contribution in [1.29, 1.82) is 0 Å². The van der Waals surface area contributed by atoms with Gasteiger partial charge >= 0.3 is 6.36 Å². The molecule has 10 heteroatoms. The topological polar surface area (TPSA) is 51.2 Å². The van der Waals surface area contributed by atoms with Gasteiger partial charge in [0, 0.05) is 11.3 Å². The van der Waals surface area contributed by atoms with Crippen molar-refractivity contribution in [3.63, 3.8) is 0 Å². The van der Waals surface area contributed by atoms with E-state index in [2.05, 4.69) is 15.0 Å². The van der Waals surface area contributed by atoms with Crippen LogP contribution in [0, 0.1) is 6.92 Å². The maximum atomic E-state index is 13.2. The fraction of sp³-hybridized carbons (Fsp3) is 0.474. The van der Waals surface area contributed by atoms with E-state index in [1.54, 1.807) is 13.8 Å². The second-order valence-corrected chi connectivity index (χ2v) is 8.84. The summed E-state index contributed by atoms with van der Waals surface area (Å²) in [6.45, 7) is 6.94. The Morgan fingerprint density at radius 3 is 2.59 bits per heavy atom. The van der Waals surface area contributed by atoms with E-state index in [-0.39, 0.29) is 22.2 Å². The molecular weight excluding hydrogens is 415 g/mol. The van der Waals surface area contributed by atoms with Gasteiger partial charge in [0.15, 0.2) is 0 Å². The molecule has 1 heterocycles. The first-order valence-corrected chi connectivity index (χ1v) is 9.61. The van der Waals surface area contributed by atoms with Crippen LogP contribution in [0.2, 0.25) is 0 Å². The Hall–Kier alpha value is -2.23. The summed E-state index contributed by atoms with van der Waals surface area (Å²) >= 11 is 0.838. The predicted octanol–water partition coefficient (Wildman–Crippen LogP) is 6.32. The molecule has 0 aliphatic heterocycles. The van der Waals surface area contributed by atoms with Crippen LogP contribution in [0.1, 0.15) is 71.0 Å². The van der Waals surface area contributed by atoms with Gasteiger partial charge in [-0.25, -0.2) is 13.8 Å².